The number of amides is 1. The molecule has 2 aliphatic rings. The molecule has 180 valence electrons. The Hall–Kier alpha value is -3.50. The van der Waals surface area contributed by atoms with Crippen molar-refractivity contribution in [2.24, 2.45) is 5.92 Å². The van der Waals surface area contributed by atoms with Crippen molar-refractivity contribution in [2.45, 2.75) is 37.8 Å². The maximum atomic E-state index is 13.2. The summed E-state index contributed by atoms with van der Waals surface area (Å²) in [6, 6.07) is 7.49. The van der Waals surface area contributed by atoms with Crippen LogP contribution in [0.25, 0.3) is 22.4 Å². The van der Waals surface area contributed by atoms with Gasteiger partial charge in [-0.15, -0.1) is 0 Å². The van der Waals surface area contributed by atoms with Gasteiger partial charge in [-0.3, -0.25) is 14.2 Å². The Morgan fingerprint density at radius 3 is 2.46 bits per heavy atom. The molecule has 11 heteroatoms. The topological polar surface area (TPSA) is 111 Å². The van der Waals surface area contributed by atoms with Crippen LogP contribution in [0, 0.1) is 5.92 Å². The lowest BCUT2D eigenvalue weighted by molar-refractivity contribution is -0.137. The normalized spacial score (nSPS) is 17.7. The van der Waals surface area contributed by atoms with Gasteiger partial charge in [0.1, 0.15) is 11.7 Å². The summed E-state index contributed by atoms with van der Waals surface area (Å²) in [6.45, 7) is 1.15. The number of piperidine rings is 1. The lowest BCUT2D eigenvalue weighted by atomic mass is 9.91. The number of rotatable bonds is 5. The predicted molar refractivity (Wildman–Crippen MR) is 129 cm³/mol. The third kappa shape index (κ3) is 4.12. The van der Waals surface area contributed by atoms with Crippen molar-refractivity contribution in [3.8, 4) is 11.4 Å². The fourth-order valence-corrected chi connectivity index (χ4v) is 4.78. The Morgan fingerprint density at radius 1 is 1.09 bits per heavy atom. The maximum Gasteiger partial charge on any atom is 0.264 e. The smallest absolute Gasteiger partial charge is 0.264 e. The van der Waals surface area contributed by atoms with Crippen LogP contribution in [0.1, 0.15) is 25.7 Å². The lowest BCUT2D eigenvalue weighted by Crippen LogP contribution is -2.50. The van der Waals surface area contributed by atoms with Crippen LogP contribution in [0.4, 0.5) is 0 Å². The average molecular weight is 494 g/mol. The molecule has 1 amide bonds. The fourth-order valence-electron chi connectivity index (χ4n) is 4.65. The highest BCUT2D eigenvalue weighted by Gasteiger charge is 2.39. The first kappa shape index (κ1) is 22.0. The van der Waals surface area contributed by atoms with E-state index in [1.807, 2.05) is 29.2 Å². The number of hydrogen-bond acceptors (Lipinski definition) is 6. The zero-order valence-electron chi connectivity index (χ0n) is 18.9. The van der Waals surface area contributed by atoms with E-state index in [9.17, 15) is 14.7 Å². The highest BCUT2D eigenvalue weighted by molar-refractivity contribution is 6.30. The van der Waals surface area contributed by atoms with E-state index in [2.05, 4.69) is 15.2 Å². The predicted octanol–water partition coefficient (Wildman–Crippen LogP) is 2.18. The Balaban J connectivity index is 1.21. The minimum absolute atomic E-state index is 0.131. The van der Waals surface area contributed by atoms with E-state index in [-0.39, 0.29) is 23.9 Å². The monoisotopic (exact) mass is 493 g/mol. The summed E-state index contributed by atoms with van der Waals surface area (Å²) in [5, 5.41) is 20.6. The molecule has 4 heterocycles. The first-order valence-electron chi connectivity index (χ1n) is 11.7. The van der Waals surface area contributed by atoms with E-state index in [1.54, 1.807) is 21.8 Å². The fraction of sp³-hybridized carbons (Fsp3) is 0.375. The first-order valence-corrected chi connectivity index (χ1v) is 12.0. The zero-order valence-corrected chi connectivity index (χ0v) is 19.7. The van der Waals surface area contributed by atoms with Gasteiger partial charge in [-0.25, -0.2) is 14.3 Å². The molecule has 0 spiro atoms. The highest BCUT2D eigenvalue weighted by Crippen LogP contribution is 2.33. The second-order valence-corrected chi connectivity index (χ2v) is 9.85. The van der Waals surface area contributed by atoms with Gasteiger partial charge in [0.2, 0.25) is 5.91 Å². The molecule has 0 atom stereocenters. The standard InChI is InChI=1S/C24H24ClN7O3/c25-17-11-27-31(13-17)18-3-5-19(6-4-18)32-21-20(12-28-32)23(34)30(15-26-21)14-24(35)7-9-29(10-8-24)22(33)16-1-2-16/h3-6,11-13,15-16,35H,1-2,7-10,14H2. The van der Waals surface area contributed by atoms with Crippen molar-refractivity contribution in [1.29, 1.82) is 0 Å². The van der Waals surface area contributed by atoms with Gasteiger partial charge >= 0.3 is 0 Å². The Bertz CT molecular complexity index is 1460. The summed E-state index contributed by atoms with van der Waals surface area (Å²) in [5.74, 6) is 0.369. The number of carbonyl (C=O) groups excluding carboxylic acids is 1. The third-order valence-electron chi connectivity index (χ3n) is 6.86. The van der Waals surface area contributed by atoms with Crippen molar-refractivity contribution in [3.05, 3.63) is 64.6 Å². The summed E-state index contributed by atoms with van der Waals surface area (Å²) in [7, 11) is 0. The molecule has 1 saturated heterocycles. The zero-order chi connectivity index (χ0) is 24.2. The summed E-state index contributed by atoms with van der Waals surface area (Å²) in [5.41, 5.74) is 0.719. The van der Waals surface area contributed by atoms with Crippen LogP contribution in [0.5, 0.6) is 0 Å². The number of aromatic nitrogens is 6. The van der Waals surface area contributed by atoms with Crippen molar-refractivity contribution in [2.75, 3.05) is 13.1 Å². The molecule has 1 saturated carbocycles. The van der Waals surface area contributed by atoms with Crippen molar-refractivity contribution < 1.29 is 9.90 Å². The molecule has 10 nitrogen and oxygen atoms in total. The molecule has 0 unspecified atom stereocenters. The second-order valence-electron chi connectivity index (χ2n) is 9.41. The number of hydrogen-bond donors (Lipinski definition) is 1. The molecule has 35 heavy (non-hydrogen) atoms. The number of nitrogens with zero attached hydrogens (tertiary/aromatic N) is 7. The van der Waals surface area contributed by atoms with Crippen LogP contribution >= 0.6 is 11.6 Å². The van der Waals surface area contributed by atoms with Crippen molar-refractivity contribution in [1.82, 2.24) is 34.0 Å². The van der Waals surface area contributed by atoms with Crippen LogP contribution in [0.3, 0.4) is 0 Å². The SMILES string of the molecule is O=C(C1CC1)N1CCC(O)(Cn2cnc3c(cnn3-c3ccc(-n4cc(Cl)cn4)cc3)c2=O)CC1. The van der Waals surface area contributed by atoms with Gasteiger partial charge in [0.15, 0.2) is 5.65 Å². The third-order valence-corrected chi connectivity index (χ3v) is 7.06. The van der Waals surface area contributed by atoms with E-state index in [0.29, 0.717) is 42.0 Å². The van der Waals surface area contributed by atoms with Gasteiger partial charge in [-0.2, -0.15) is 10.2 Å². The number of fused-ring (bicyclic) bond motifs is 1. The van der Waals surface area contributed by atoms with E-state index in [4.69, 9.17) is 11.6 Å². The molecule has 3 aromatic heterocycles. The lowest BCUT2D eigenvalue weighted by Gasteiger charge is -2.38. The van der Waals surface area contributed by atoms with E-state index < -0.39 is 5.60 Å². The first-order chi connectivity index (χ1) is 16.9. The maximum absolute atomic E-state index is 13.2. The number of benzene rings is 1. The summed E-state index contributed by atoms with van der Waals surface area (Å²) in [6.07, 6.45) is 9.05. The second kappa shape index (κ2) is 8.31. The molecule has 1 aromatic carbocycles. The molecule has 0 bridgehead atoms. The van der Waals surface area contributed by atoms with E-state index >= 15 is 0 Å². The van der Waals surface area contributed by atoms with Gasteiger partial charge in [0.25, 0.3) is 5.56 Å². The molecule has 4 aromatic rings. The van der Waals surface area contributed by atoms with Crippen LogP contribution in [0.2, 0.25) is 5.02 Å². The van der Waals surface area contributed by atoms with Gasteiger partial charge in [0.05, 0.1) is 40.9 Å². The quantitative estimate of drug-likeness (QED) is 0.456. The molecule has 6 rings (SSSR count). The van der Waals surface area contributed by atoms with Crippen LogP contribution in [-0.2, 0) is 11.3 Å². The minimum atomic E-state index is -1.05. The van der Waals surface area contributed by atoms with E-state index in [0.717, 1.165) is 24.2 Å². The van der Waals surface area contributed by atoms with Gasteiger partial charge < -0.3 is 10.0 Å². The Kier molecular flexibility index (Phi) is 5.23. The minimum Gasteiger partial charge on any atom is -0.388 e. The van der Waals surface area contributed by atoms with Crippen LogP contribution < -0.4 is 5.56 Å². The number of halogens is 1. The Morgan fingerprint density at radius 2 is 1.80 bits per heavy atom. The van der Waals surface area contributed by atoms with Gasteiger partial charge in [-0.1, -0.05) is 11.6 Å². The van der Waals surface area contributed by atoms with Crippen LogP contribution in [0.15, 0.2) is 54.0 Å². The number of aliphatic hydroxyl groups is 1. The van der Waals surface area contributed by atoms with Gasteiger partial charge in [0, 0.05) is 25.2 Å². The number of likely N-dealkylation sites (tertiary alicyclic amines) is 1. The molecule has 0 radical (unpaired) electrons. The van der Waals surface area contributed by atoms with Crippen molar-refractivity contribution >= 4 is 28.5 Å². The molecule has 1 aliphatic heterocycles. The molecular weight excluding hydrogens is 470 g/mol. The average Bonchev–Trinajstić information content (AvgIpc) is 3.48. The molecule has 2 fully saturated rings. The van der Waals surface area contributed by atoms with Gasteiger partial charge in [-0.05, 0) is 49.9 Å². The highest BCUT2D eigenvalue weighted by atomic mass is 35.5. The Labute approximate surface area is 205 Å². The molecular formula is C24H24ClN7O3. The molecule has 1 N–H and O–H groups in total. The summed E-state index contributed by atoms with van der Waals surface area (Å²) in [4.78, 5) is 31.8. The molecule has 1 aliphatic carbocycles. The van der Waals surface area contributed by atoms with Crippen molar-refractivity contribution in [3.63, 3.8) is 0 Å². The summed E-state index contributed by atoms with van der Waals surface area (Å²) >= 11 is 5.95. The van der Waals surface area contributed by atoms with Crippen LogP contribution in [-0.4, -0.2) is 63.7 Å². The van der Waals surface area contributed by atoms with E-state index in [1.165, 1.54) is 17.1 Å². The summed E-state index contributed by atoms with van der Waals surface area (Å²) < 4.78 is 4.72. The largest absolute Gasteiger partial charge is 0.388 e. The number of carbonyl (C=O) groups is 1.